The van der Waals surface area contributed by atoms with Crippen LogP contribution in [0.4, 0.5) is 4.79 Å². The molecule has 0 radical (unpaired) electrons. The molecule has 0 saturated carbocycles. The molecule has 1 unspecified atom stereocenters. The molecule has 0 bridgehead atoms. The number of carbonyl (C=O) groups is 2. The van der Waals surface area contributed by atoms with Crippen LogP contribution in [0.15, 0.2) is 54.3 Å². The zero-order valence-corrected chi connectivity index (χ0v) is 11.9. The van der Waals surface area contributed by atoms with Crippen LogP contribution in [-0.4, -0.2) is 41.9 Å². The lowest BCUT2D eigenvalue weighted by Crippen LogP contribution is -2.45. The lowest BCUT2D eigenvalue weighted by Gasteiger charge is -2.31. The van der Waals surface area contributed by atoms with E-state index < -0.39 is 0 Å². The molecule has 0 aromatic heterocycles. The molecule has 1 atom stereocenters. The number of likely N-dealkylation sites (N-methyl/N-ethyl adjacent to an activating group) is 1. The summed E-state index contributed by atoms with van der Waals surface area (Å²) in [5.74, 6) is -0.0365. The Morgan fingerprint density at radius 1 is 1.33 bits per heavy atom. The van der Waals surface area contributed by atoms with Crippen molar-refractivity contribution in [1.82, 2.24) is 15.1 Å². The summed E-state index contributed by atoms with van der Waals surface area (Å²) in [6, 6.07) is 9.00. The van der Waals surface area contributed by atoms with Crippen LogP contribution in [0.25, 0.3) is 0 Å². The summed E-state index contributed by atoms with van der Waals surface area (Å²) < 4.78 is 0. The van der Waals surface area contributed by atoms with Crippen molar-refractivity contribution in [2.75, 3.05) is 20.1 Å². The zero-order chi connectivity index (χ0) is 15.0. The number of rotatable bonds is 3. The monoisotopic (exact) mass is 283 g/mol. The number of nitrogens with one attached hydrogen (secondary N) is 1. The van der Waals surface area contributed by atoms with E-state index in [1.165, 1.54) is 4.90 Å². The number of amides is 3. The third kappa shape index (κ3) is 2.11. The molecule has 0 saturated heterocycles. The Morgan fingerprint density at radius 3 is 2.71 bits per heavy atom. The molecule has 3 amide bonds. The molecule has 1 N–H and O–H groups in total. The predicted molar refractivity (Wildman–Crippen MR) is 79.3 cm³/mol. The van der Waals surface area contributed by atoms with E-state index in [4.69, 9.17) is 0 Å². The van der Waals surface area contributed by atoms with Gasteiger partial charge in [-0.15, -0.1) is 6.58 Å². The minimum Gasteiger partial charge on any atom is -0.329 e. The molecular formula is C16H17N3O2. The Hall–Kier alpha value is -2.56. The first-order valence-corrected chi connectivity index (χ1v) is 6.86. The van der Waals surface area contributed by atoms with Crippen molar-refractivity contribution in [3.05, 3.63) is 59.8 Å². The first-order chi connectivity index (χ1) is 10.1. The van der Waals surface area contributed by atoms with E-state index in [9.17, 15) is 9.59 Å². The molecule has 5 heteroatoms. The average Bonchev–Trinajstić information content (AvgIpc) is 2.82. The molecule has 0 spiro atoms. The molecule has 5 nitrogen and oxygen atoms in total. The van der Waals surface area contributed by atoms with Gasteiger partial charge in [0.1, 0.15) is 0 Å². The molecule has 0 fully saturated rings. The van der Waals surface area contributed by atoms with Crippen molar-refractivity contribution in [1.29, 1.82) is 0 Å². The summed E-state index contributed by atoms with van der Waals surface area (Å²) in [4.78, 5) is 28.0. The van der Waals surface area contributed by atoms with Gasteiger partial charge in [-0.3, -0.25) is 9.69 Å². The maximum atomic E-state index is 12.6. The lowest BCUT2D eigenvalue weighted by molar-refractivity contribution is -0.125. The zero-order valence-electron chi connectivity index (χ0n) is 11.9. The smallest absolute Gasteiger partial charge is 0.322 e. The van der Waals surface area contributed by atoms with Crippen LogP contribution in [0, 0.1) is 0 Å². The van der Waals surface area contributed by atoms with E-state index in [2.05, 4.69) is 11.9 Å². The summed E-state index contributed by atoms with van der Waals surface area (Å²) in [7, 11) is 1.69. The van der Waals surface area contributed by atoms with Gasteiger partial charge < -0.3 is 10.2 Å². The fourth-order valence-corrected chi connectivity index (χ4v) is 2.82. The molecule has 0 aliphatic carbocycles. The van der Waals surface area contributed by atoms with E-state index >= 15 is 0 Å². The van der Waals surface area contributed by atoms with Crippen molar-refractivity contribution < 1.29 is 9.59 Å². The summed E-state index contributed by atoms with van der Waals surface area (Å²) in [5.41, 5.74) is 2.35. The standard InChI is InChI=1S/C16H17N3O2/c1-3-9-19-10-12-13(15(19)20)14(17-16(21)18(12)2)11-7-5-4-6-8-11/h3-8,14H,1,9-10H2,2H3,(H,17,21). The van der Waals surface area contributed by atoms with E-state index in [1.807, 2.05) is 30.3 Å². The van der Waals surface area contributed by atoms with Gasteiger partial charge in [-0.25, -0.2) is 4.79 Å². The number of carbonyl (C=O) groups excluding carboxylic acids is 2. The third-order valence-electron chi connectivity index (χ3n) is 3.92. The van der Waals surface area contributed by atoms with E-state index in [1.54, 1.807) is 18.0 Å². The fourth-order valence-electron chi connectivity index (χ4n) is 2.82. The van der Waals surface area contributed by atoms with Gasteiger partial charge in [0.2, 0.25) is 0 Å². The summed E-state index contributed by atoms with van der Waals surface area (Å²) >= 11 is 0. The van der Waals surface area contributed by atoms with Gasteiger partial charge in [-0.2, -0.15) is 0 Å². The van der Waals surface area contributed by atoms with Gasteiger partial charge >= 0.3 is 6.03 Å². The van der Waals surface area contributed by atoms with Crippen LogP contribution < -0.4 is 5.32 Å². The number of nitrogens with zero attached hydrogens (tertiary/aromatic N) is 2. The minimum atomic E-state index is -0.382. The largest absolute Gasteiger partial charge is 0.329 e. The first-order valence-electron chi connectivity index (χ1n) is 6.86. The summed E-state index contributed by atoms with van der Waals surface area (Å²) in [6.07, 6.45) is 1.70. The van der Waals surface area contributed by atoms with Crippen molar-refractivity contribution in [2.45, 2.75) is 6.04 Å². The third-order valence-corrected chi connectivity index (χ3v) is 3.92. The van der Waals surface area contributed by atoms with Gasteiger partial charge in [0, 0.05) is 13.6 Å². The molecule has 2 heterocycles. The quantitative estimate of drug-likeness (QED) is 0.858. The van der Waals surface area contributed by atoms with Gasteiger partial charge in [0.25, 0.3) is 5.91 Å². The highest BCUT2D eigenvalue weighted by atomic mass is 16.2. The summed E-state index contributed by atoms with van der Waals surface area (Å²) in [6.45, 7) is 4.61. The Labute approximate surface area is 123 Å². The number of urea groups is 1. The van der Waals surface area contributed by atoms with Crippen molar-refractivity contribution in [3.63, 3.8) is 0 Å². The van der Waals surface area contributed by atoms with Crippen LogP contribution in [0.2, 0.25) is 0 Å². The SMILES string of the molecule is C=CCN1CC2=C(C1=O)C(c1ccccc1)NC(=O)N2C. The maximum Gasteiger partial charge on any atom is 0.322 e. The number of hydrogen-bond acceptors (Lipinski definition) is 2. The molecular weight excluding hydrogens is 266 g/mol. The van der Waals surface area contributed by atoms with Gasteiger partial charge in [0.05, 0.1) is 23.9 Å². The molecule has 21 heavy (non-hydrogen) atoms. The molecule has 2 aliphatic rings. The van der Waals surface area contributed by atoms with E-state index in [0.29, 0.717) is 18.7 Å². The van der Waals surface area contributed by atoms with Crippen molar-refractivity contribution in [2.24, 2.45) is 0 Å². The molecule has 3 rings (SSSR count). The normalized spacial score (nSPS) is 21.5. The fraction of sp³-hybridized carbons (Fsp3) is 0.250. The molecule has 2 aliphatic heterocycles. The molecule has 1 aromatic rings. The maximum absolute atomic E-state index is 12.6. The van der Waals surface area contributed by atoms with Gasteiger partial charge in [-0.1, -0.05) is 36.4 Å². The second-order valence-corrected chi connectivity index (χ2v) is 5.19. The van der Waals surface area contributed by atoms with Crippen LogP contribution in [0.5, 0.6) is 0 Å². The van der Waals surface area contributed by atoms with Crippen molar-refractivity contribution in [3.8, 4) is 0 Å². The Balaban J connectivity index is 2.04. The number of hydrogen-bond donors (Lipinski definition) is 1. The second kappa shape index (κ2) is 5.09. The van der Waals surface area contributed by atoms with Crippen LogP contribution in [0.3, 0.4) is 0 Å². The van der Waals surface area contributed by atoms with E-state index in [0.717, 1.165) is 11.3 Å². The van der Waals surface area contributed by atoms with Gasteiger partial charge in [-0.05, 0) is 5.56 Å². The topological polar surface area (TPSA) is 52.7 Å². The highest BCUT2D eigenvalue weighted by Crippen LogP contribution is 2.35. The Morgan fingerprint density at radius 2 is 2.05 bits per heavy atom. The highest BCUT2D eigenvalue weighted by Gasteiger charge is 2.42. The Kier molecular flexibility index (Phi) is 3.25. The van der Waals surface area contributed by atoms with Crippen molar-refractivity contribution >= 4 is 11.9 Å². The van der Waals surface area contributed by atoms with E-state index in [-0.39, 0.29) is 18.0 Å². The minimum absolute atomic E-state index is 0.0365. The predicted octanol–water partition coefficient (Wildman–Crippen LogP) is 1.66. The average molecular weight is 283 g/mol. The summed E-state index contributed by atoms with van der Waals surface area (Å²) in [5, 5.41) is 2.90. The molecule has 108 valence electrons. The van der Waals surface area contributed by atoms with Crippen LogP contribution >= 0.6 is 0 Å². The van der Waals surface area contributed by atoms with Crippen LogP contribution in [0.1, 0.15) is 11.6 Å². The lowest BCUT2D eigenvalue weighted by atomic mass is 9.96. The van der Waals surface area contributed by atoms with Gasteiger partial charge in [0.15, 0.2) is 0 Å². The van der Waals surface area contributed by atoms with Crippen LogP contribution in [-0.2, 0) is 4.79 Å². The highest BCUT2D eigenvalue weighted by molar-refractivity contribution is 6.01. The molecule has 1 aromatic carbocycles. The Bertz CT molecular complexity index is 636. The first kappa shape index (κ1) is 13.4. The number of benzene rings is 1. The second-order valence-electron chi connectivity index (χ2n) is 5.19.